The highest BCUT2D eigenvalue weighted by atomic mass is 32.1. The number of amides is 1. The number of anilines is 1. The minimum Gasteiger partial charge on any atom is -0.507 e. The van der Waals surface area contributed by atoms with E-state index in [1.807, 2.05) is 25.1 Å². The van der Waals surface area contributed by atoms with Gasteiger partial charge in [0, 0.05) is 5.56 Å². The van der Waals surface area contributed by atoms with Crippen molar-refractivity contribution in [2.24, 2.45) is 0 Å². The molecule has 1 atom stereocenters. The van der Waals surface area contributed by atoms with Gasteiger partial charge in [-0.2, -0.15) is 0 Å². The number of hydrogen-bond acceptors (Lipinski definition) is 8. The maximum Gasteiger partial charge on any atom is 0.301 e. The van der Waals surface area contributed by atoms with Gasteiger partial charge in [0.1, 0.15) is 11.6 Å². The van der Waals surface area contributed by atoms with E-state index in [9.17, 15) is 19.1 Å². The molecule has 0 aliphatic carbocycles. The lowest BCUT2D eigenvalue weighted by Gasteiger charge is -2.24. The minimum atomic E-state index is -1.09. The molecule has 1 aliphatic heterocycles. The fourth-order valence-electron chi connectivity index (χ4n) is 4.49. The molecular formula is C28H23FN2O6S. The predicted octanol–water partition coefficient (Wildman–Crippen LogP) is 5.40. The zero-order chi connectivity index (χ0) is 27.1. The predicted molar refractivity (Wildman–Crippen MR) is 142 cm³/mol. The van der Waals surface area contributed by atoms with Crippen LogP contribution in [0.15, 0.2) is 60.2 Å². The first kappa shape index (κ1) is 25.2. The Labute approximate surface area is 221 Å². The van der Waals surface area contributed by atoms with E-state index in [0.717, 1.165) is 22.4 Å². The van der Waals surface area contributed by atoms with Crippen LogP contribution in [0.25, 0.3) is 16.0 Å². The number of aliphatic hydroxyl groups is 1. The first-order chi connectivity index (χ1) is 18.3. The van der Waals surface area contributed by atoms with E-state index in [1.165, 1.54) is 49.7 Å². The summed E-state index contributed by atoms with van der Waals surface area (Å²) in [5, 5.41) is 11.6. The summed E-state index contributed by atoms with van der Waals surface area (Å²) in [5.41, 5.74) is 2.11. The van der Waals surface area contributed by atoms with E-state index in [-0.39, 0.29) is 16.3 Å². The lowest BCUT2D eigenvalue weighted by Crippen LogP contribution is -2.29. The number of carbonyl (C=O) groups excluding carboxylic acids is 2. The van der Waals surface area contributed by atoms with Crippen molar-refractivity contribution in [1.29, 1.82) is 0 Å². The van der Waals surface area contributed by atoms with Crippen molar-refractivity contribution >= 4 is 44.1 Å². The number of benzene rings is 3. The average molecular weight is 535 g/mol. The number of halogens is 1. The number of ketones is 1. The highest BCUT2D eigenvalue weighted by Crippen LogP contribution is 2.48. The summed E-state index contributed by atoms with van der Waals surface area (Å²) in [6, 6.07) is 12.8. The van der Waals surface area contributed by atoms with Crippen LogP contribution < -0.4 is 19.1 Å². The number of rotatable bonds is 6. The van der Waals surface area contributed by atoms with Gasteiger partial charge in [-0.3, -0.25) is 14.5 Å². The van der Waals surface area contributed by atoms with Gasteiger partial charge in [-0.05, 0) is 66.6 Å². The van der Waals surface area contributed by atoms with Crippen LogP contribution in [0.1, 0.15) is 22.7 Å². The van der Waals surface area contributed by atoms with Crippen LogP contribution >= 0.6 is 11.3 Å². The molecule has 1 aromatic heterocycles. The fourth-order valence-corrected chi connectivity index (χ4v) is 5.58. The second-order valence-electron chi connectivity index (χ2n) is 8.60. The lowest BCUT2D eigenvalue weighted by atomic mass is 9.94. The summed E-state index contributed by atoms with van der Waals surface area (Å²) in [4.78, 5) is 32.9. The van der Waals surface area contributed by atoms with Gasteiger partial charge in [-0.15, -0.1) is 0 Å². The topological polar surface area (TPSA) is 98.2 Å². The van der Waals surface area contributed by atoms with E-state index >= 15 is 0 Å². The molecule has 8 nitrogen and oxygen atoms in total. The average Bonchev–Trinajstić information content (AvgIpc) is 3.45. The Morgan fingerprint density at radius 1 is 0.974 bits per heavy atom. The molecule has 10 heteroatoms. The zero-order valence-electron chi connectivity index (χ0n) is 20.9. The summed E-state index contributed by atoms with van der Waals surface area (Å²) in [7, 11) is 4.36. The molecule has 3 aromatic carbocycles. The molecular weight excluding hydrogens is 511 g/mol. The Morgan fingerprint density at radius 3 is 2.24 bits per heavy atom. The Bertz CT molecular complexity index is 1590. The molecule has 1 saturated heterocycles. The molecule has 1 unspecified atom stereocenters. The van der Waals surface area contributed by atoms with E-state index in [0.29, 0.717) is 28.3 Å². The fraction of sp³-hybridized carbons (Fsp3) is 0.179. The summed E-state index contributed by atoms with van der Waals surface area (Å²) < 4.78 is 30.9. The molecule has 0 saturated carbocycles. The number of Topliss-reactive ketones (excluding diaryl/α,β-unsaturated/α-hetero) is 1. The Kier molecular flexibility index (Phi) is 6.50. The third-order valence-corrected chi connectivity index (χ3v) is 7.32. The van der Waals surface area contributed by atoms with Crippen LogP contribution in [-0.2, 0) is 9.59 Å². The van der Waals surface area contributed by atoms with Crippen molar-refractivity contribution in [1.82, 2.24) is 4.98 Å². The van der Waals surface area contributed by atoms with Crippen molar-refractivity contribution in [2.75, 3.05) is 26.2 Å². The molecule has 1 N–H and O–H groups in total. The van der Waals surface area contributed by atoms with Gasteiger partial charge in [0.05, 0.1) is 43.2 Å². The summed E-state index contributed by atoms with van der Waals surface area (Å²) >= 11 is 1.25. The van der Waals surface area contributed by atoms with Crippen LogP contribution in [0.4, 0.5) is 9.52 Å². The standard InChI is InChI=1S/C28H23FN2O6S/c1-14-5-10-18-21(11-14)38-28(30-18)31-23(16-12-19(35-2)26(37-4)20(13-16)36-3)22(25(33)27(31)34)24(32)15-6-8-17(29)9-7-15/h5-13,23,32H,1-4H3/b24-22+. The zero-order valence-corrected chi connectivity index (χ0v) is 21.8. The molecule has 194 valence electrons. The van der Waals surface area contributed by atoms with Crippen LogP contribution in [0.3, 0.4) is 0 Å². The van der Waals surface area contributed by atoms with Gasteiger partial charge >= 0.3 is 5.91 Å². The largest absolute Gasteiger partial charge is 0.507 e. The molecule has 5 rings (SSSR count). The highest BCUT2D eigenvalue weighted by molar-refractivity contribution is 7.22. The summed E-state index contributed by atoms with van der Waals surface area (Å²) in [6.07, 6.45) is 0. The number of fused-ring (bicyclic) bond motifs is 1. The molecule has 1 aliphatic rings. The summed E-state index contributed by atoms with van der Waals surface area (Å²) in [5.74, 6) is -1.79. The number of aliphatic hydroxyl groups excluding tert-OH is 1. The molecule has 4 aromatic rings. The molecule has 2 heterocycles. The molecule has 1 fully saturated rings. The van der Waals surface area contributed by atoms with E-state index in [4.69, 9.17) is 14.2 Å². The van der Waals surface area contributed by atoms with Crippen molar-refractivity contribution in [3.05, 3.63) is 82.7 Å². The number of carbonyl (C=O) groups is 2. The van der Waals surface area contributed by atoms with Crippen molar-refractivity contribution in [3.8, 4) is 17.2 Å². The summed E-state index contributed by atoms with van der Waals surface area (Å²) in [6.45, 7) is 1.95. The molecule has 0 spiro atoms. The van der Waals surface area contributed by atoms with Crippen LogP contribution in [0, 0.1) is 12.7 Å². The lowest BCUT2D eigenvalue weighted by molar-refractivity contribution is -0.132. The number of aromatic nitrogens is 1. The quantitative estimate of drug-likeness (QED) is 0.201. The first-order valence-electron chi connectivity index (χ1n) is 11.5. The SMILES string of the molecule is COc1cc(C2/C(=C(\O)c3ccc(F)cc3)C(=O)C(=O)N2c2nc3ccc(C)cc3s2)cc(OC)c1OC. The van der Waals surface area contributed by atoms with Gasteiger partial charge in [-0.25, -0.2) is 9.37 Å². The van der Waals surface area contributed by atoms with E-state index in [2.05, 4.69) is 4.98 Å². The number of aryl methyl sites for hydroxylation is 1. The number of ether oxygens (including phenoxy) is 3. The third kappa shape index (κ3) is 4.12. The number of nitrogens with zero attached hydrogens (tertiary/aromatic N) is 2. The number of thiazole rings is 1. The van der Waals surface area contributed by atoms with Crippen LogP contribution in [-0.4, -0.2) is 43.1 Å². The highest BCUT2D eigenvalue weighted by Gasteiger charge is 2.48. The van der Waals surface area contributed by atoms with Crippen molar-refractivity contribution in [3.63, 3.8) is 0 Å². The molecule has 0 bridgehead atoms. The molecule has 38 heavy (non-hydrogen) atoms. The number of hydrogen-bond donors (Lipinski definition) is 1. The number of methoxy groups -OCH3 is 3. The van der Waals surface area contributed by atoms with Gasteiger partial charge in [0.25, 0.3) is 5.78 Å². The van der Waals surface area contributed by atoms with E-state index in [1.54, 1.807) is 12.1 Å². The van der Waals surface area contributed by atoms with Crippen molar-refractivity contribution in [2.45, 2.75) is 13.0 Å². The Morgan fingerprint density at radius 2 is 1.63 bits per heavy atom. The second kappa shape index (κ2) is 9.79. The minimum absolute atomic E-state index is 0.175. The smallest absolute Gasteiger partial charge is 0.301 e. The monoisotopic (exact) mass is 534 g/mol. The Balaban J connectivity index is 1.78. The second-order valence-corrected chi connectivity index (χ2v) is 9.61. The van der Waals surface area contributed by atoms with Crippen molar-refractivity contribution < 1.29 is 33.3 Å². The maximum atomic E-state index is 13.6. The van der Waals surface area contributed by atoms with Crippen LogP contribution in [0.2, 0.25) is 0 Å². The van der Waals surface area contributed by atoms with Gasteiger partial charge in [0.15, 0.2) is 16.6 Å². The van der Waals surface area contributed by atoms with E-state index < -0.39 is 29.3 Å². The van der Waals surface area contributed by atoms with Gasteiger partial charge in [0.2, 0.25) is 5.75 Å². The van der Waals surface area contributed by atoms with Gasteiger partial charge in [-0.1, -0.05) is 17.4 Å². The third-order valence-electron chi connectivity index (χ3n) is 6.30. The van der Waals surface area contributed by atoms with Crippen LogP contribution in [0.5, 0.6) is 17.2 Å². The molecule has 0 radical (unpaired) electrons. The first-order valence-corrected chi connectivity index (χ1v) is 12.3. The maximum absolute atomic E-state index is 13.6. The Hall–Kier alpha value is -4.44. The molecule has 1 amide bonds. The normalized spacial score (nSPS) is 16.8. The van der Waals surface area contributed by atoms with Gasteiger partial charge < -0.3 is 19.3 Å².